The Balaban J connectivity index is 1.58. The monoisotopic (exact) mass is 468 g/mol. The van der Waals surface area contributed by atoms with Gasteiger partial charge in [-0.05, 0) is 108 Å². The Hall–Kier alpha value is -4.30. The summed E-state index contributed by atoms with van der Waals surface area (Å²) in [5.41, 5.74) is 9.44. The van der Waals surface area contributed by atoms with Crippen LogP contribution in [0.5, 0.6) is 0 Å². The first-order chi connectivity index (χ1) is 17.6. The number of aryl methyl sites for hydroxylation is 2. The van der Waals surface area contributed by atoms with E-state index in [-0.39, 0.29) is 0 Å². The molecule has 1 N–H and O–H groups in total. The Kier molecular flexibility index (Phi) is 6.86. The summed E-state index contributed by atoms with van der Waals surface area (Å²) in [6.45, 7) is 6.40. The first-order valence-corrected chi connectivity index (χ1v) is 12.6. The van der Waals surface area contributed by atoms with Crippen LogP contribution in [0.3, 0.4) is 0 Å². The van der Waals surface area contributed by atoms with Crippen molar-refractivity contribution in [3.63, 3.8) is 0 Å². The summed E-state index contributed by atoms with van der Waals surface area (Å²) in [6, 6.07) is 39.1. The van der Waals surface area contributed by atoms with Gasteiger partial charge >= 0.3 is 0 Å². The number of allylic oxidation sites excluding steroid dienone is 1. The van der Waals surface area contributed by atoms with Crippen LogP contribution in [0.25, 0.3) is 16.8 Å². The fourth-order valence-corrected chi connectivity index (χ4v) is 4.72. The Morgan fingerprint density at radius 1 is 0.667 bits per heavy atom. The summed E-state index contributed by atoms with van der Waals surface area (Å²) in [7, 11) is 0. The third-order valence-electron chi connectivity index (χ3n) is 6.54. The van der Waals surface area contributed by atoms with Crippen LogP contribution >= 0.6 is 0 Å². The van der Waals surface area contributed by atoms with Gasteiger partial charge < -0.3 is 10.2 Å². The lowest BCUT2D eigenvalue weighted by atomic mass is 10.0. The maximum absolute atomic E-state index is 3.53. The molecule has 0 aromatic heterocycles. The summed E-state index contributed by atoms with van der Waals surface area (Å²) in [5, 5.41) is 6.01. The zero-order valence-corrected chi connectivity index (χ0v) is 21.2. The van der Waals surface area contributed by atoms with Gasteiger partial charge in [0.25, 0.3) is 0 Å². The van der Waals surface area contributed by atoms with Gasteiger partial charge in [-0.25, -0.2) is 0 Å². The van der Waals surface area contributed by atoms with Crippen LogP contribution in [0.15, 0.2) is 115 Å². The predicted molar refractivity (Wildman–Crippen MR) is 157 cm³/mol. The normalized spacial score (nSPS) is 11.2. The average Bonchev–Trinajstić information content (AvgIpc) is 2.90. The van der Waals surface area contributed by atoms with Gasteiger partial charge in [-0.2, -0.15) is 0 Å². The van der Waals surface area contributed by atoms with Crippen LogP contribution in [-0.2, 0) is 6.42 Å². The Bertz CT molecular complexity index is 1510. The van der Waals surface area contributed by atoms with Crippen molar-refractivity contribution in [2.24, 2.45) is 0 Å². The molecule has 0 aliphatic carbocycles. The zero-order chi connectivity index (χ0) is 24.9. The molecule has 2 nitrogen and oxygen atoms in total. The van der Waals surface area contributed by atoms with E-state index >= 15 is 0 Å². The van der Waals surface area contributed by atoms with Gasteiger partial charge in [0, 0.05) is 28.4 Å². The minimum absolute atomic E-state index is 1.01. The van der Waals surface area contributed by atoms with Gasteiger partial charge in [-0.15, -0.1) is 0 Å². The molecule has 0 aliphatic rings. The fraction of sp³-hybridized carbons (Fsp3) is 0.118. The number of hydrogen-bond acceptors (Lipinski definition) is 2. The maximum atomic E-state index is 3.53. The third-order valence-corrected chi connectivity index (χ3v) is 6.54. The number of rotatable bonds is 7. The Morgan fingerprint density at radius 3 is 2.14 bits per heavy atom. The van der Waals surface area contributed by atoms with Crippen LogP contribution in [0.2, 0.25) is 0 Å². The van der Waals surface area contributed by atoms with Crippen molar-refractivity contribution in [1.82, 2.24) is 0 Å². The topological polar surface area (TPSA) is 15.3 Å². The van der Waals surface area contributed by atoms with E-state index in [1.165, 1.54) is 27.5 Å². The Labute approximate surface area is 214 Å². The molecule has 0 fully saturated rings. The summed E-state index contributed by atoms with van der Waals surface area (Å²) in [6.07, 6.45) is 5.33. The molecule has 0 bridgehead atoms. The first-order valence-electron chi connectivity index (χ1n) is 12.6. The minimum Gasteiger partial charge on any atom is -0.356 e. The van der Waals surface area contributed by atoms with E-state index in [2.05, 4.69) is 152 Å². The molecular formula is C34H32N2. The highest BCUT2D eigenvalue weighted by molar-refractivity contribution is 5.89. The van der Waals surface area contributed by atoms with Crippen molar-refractivity contribution in [2.75, 3.05) is 10.2 Å². The van der Waals surface area contributed by atoms with Gasteiger partial charge in [-0.1, -0.05) is 67.6 Å². The van der Waals surface area contributed by atoms with E-state index in [1.807, 2.05) is 0 Å². The van der Waals surface area contributed by atoms with E-state index in [4.69, 9.17) is 0 Å². The lowest BCUT2D eigenvalue weighted by Crippen LogP contribution is -2.10. The van der Waals surface area contributed by atoms with Crippen LogP contribution in [0.1, 0.15) is 30.5 Å². The number of anilines is 5. The molecule has 0 atom stereocenters. The van der Waals surface area contributed by atoms with Crippen LogP contribution < -0.4 is 10.2 Å². The minimum atomic E-state index is 1.01. The second kappa shape index (κ2) is 10.5. The van der Waals surface area contributed by atoms with Gasteiger partial charge in [0.1, 0.15) is 0 Å². The number of nitrogens with one attached hydrogen (secondary N) is 1. The summed E-state index contributed by atoms with van der Waals surface area (Å²) < 4.78 is 0. The molecule has 0 amide bonds. The van der Waals surface area contributed by atoms with E-state index in [0.29, 0.717) is 0 Å². The molecule has 36 heavy (non-hydrogen) atoms. The number of hydrogen-bond donors (Lipinski definition) is 1. The van der Waals surface area contributed by atoms with Crippen molar-refractivity contribution >= 4 is 45.3 Å². The molecule has 0 saturated carbocycles. The van der Waals surface area contributed by atoms with Crippen molar-refractivity contribution in [3.8, 4) is 0 Å². The number of benzene rings is 5. The largest absolute Gasteiger partial charge is 0.356 e. The maximum Gasteiger partial charge on any atom is 0.0468 e. The SMILES string of the molecule is C/C=C\c1cc(N(c2ccc(Nc3cccc(C)c3)cc2)c2ccc3ccccc3c2)ccc1CC. The van der Waals surface area contributed by atoms with E-state index in [0.717, 1.165) is 34.9 Å². The van der Waals surface area contributed by atoms with Crippen LogP contribution in [0, 0.1) is 6.92 Å². The van der Waals surface area contributed by atoms with E-state index in [1.54, 1.807) is 0 Å². The van der Waals surface area contributed by atoms with Gasteiger partial charge in [0.2, 0.25) is 0 Å². The van der Waals surface area contributed by atoms with Crippen molar-refractivity contribution in [3.05, 3.63) is 132 Å². The van der Waals surface area contributed by atoms with Gasteiger partial charge in [0.15, 0.2) is 0 Å². The molecule has 0 aliphatic heterocycles. The van der Waals surface area contributed by atoms with Crippen molar-refractivity contribution < 1.29 is 0 Å². The average molecular weight is 469 g/mol. The summed E-state index contributed by atoms with van der Waals surface area (Å²) in [5.74, 6) is 0. The first kappa shape index (κ1) is 23.4. The molecule has 0 heterocycles. The van der Waals surface area contributed by atoms with Crippen molar-refractivity contribution in [2.45, 2.75) is 27.2 Å². The molecule has 0 unspecified atom stereocenters. The quantitative estimate of drug-likeness (QED) is 0.256. The lowest BCUT2D eigenvalue weighted by Gasteiger charge is -2.27. The number of fused-ring (bicyclic) bond motifs is 1. The van der Waals surface area contributed by atoms with E-state index < -0.39 is 0 Å². The predicted octanol–water partition coefficient (Wildman–Crippen LogP) is 9.96. The molecule has 2 heteroatoms. The van der Waals surface area contributed by atoms with Gasteiger partial charge in [0.05, 0.1) is 0 Å². The molecule has 5 aromatic rings. The van der Waals surface area contributed by atoms with Crippen LogP contribution in [0.4, 0.5) is 28.4 Å². The second-order valence-electron chi connectivity index (χ2n) is 9.14. The van der Waals surface area contributed by atoms with E-state index in [9.17, 15) is 0 Å². The molecular weight excluding hydrogens is 436 g/mol. The molecule has 0 spiro atoms. The molecule has 178 valence electrons. The lowest BCUT2D eigenvalue weighted by molar-refractivity contribution is 1.13. The summed E-state index contributed by atoms with van der Waals surface area (Å²) >= 11 is 0. The highest BCUT2D eigenvalue weighted by Crippen LogP contribution is 2.38. The highest BCUT2D eigenvalue weighted by Gasteiger charge is 2.14. The molecule has 0 radical (unpaired) electrons. The highest BCUT2D eigenvalue weighted by atomic mass is 15.1. The smallest absolute Gasteiger partial charge is 0.0468 e. The third kappa shape index (κ3) is 5.04. The fourth-order valence-electron chi connectivity index (χ4n) is 4.72. The van der Waals surface area contributed by atoms with Crippen molar-refractivity contribution in [1.29, 1.82) is 0 Å². The Morgan fingerprint density at radius 2 is 1.39 bits per heavy atom. The molecule has 0 saturated heterocycles. The summed E-state index contributed by atoms with van der Waals surface area (Å²) in [4.78, 5) is 2.34. The zero-order valence-electron chi connectivity index (χ0n) is 21.2. The molecule has 5 aromatic carbocycles. The van der Waals surface area contributed by atoms with Crippen LogP contribution in [-0.4, -0.2) is 0 Å². The molecule has 5 rings (SSSR count). The van der Waals surface area contributed by atoms with Gasteiger partial charge in [-0.3, -0.25) is 0 Å². The second-order valence-corrected chi connectivity index (χ2v) is 9.14. The standard InChI is InChI=1S/C34H32N2/c1-4-9-28-23-33(18-14-26(28)5-2)36(34-19-15-27-11-6-7-12-29(27)24-34)32-20-16-30(17-21-32)35-31-13-8-10-25(3)22-31/h4,6-24,35H,5H2,1-3H3/b9-4-. The number of nitrogens with zero attached hydrogens (tertiary/aromatic N) is 1.